The summed E-state index contributed by atoms with van der Waals surface area (Å²) in [5.74, 6) is -1.72. The number of ether oxygens (including phenoxy) is 3. The van der Waals surface area contributed by atoms with E-state index in [1.54, 1.807) is 4.57 Å². The van der Waals surface area contributed by atoms with Gasteiger partial charge >= 0.3 is 17.9 Å². The summed E-state index contributed by atoms with van der Waals surface area (Å²) >= 11 is 0. The van der Waals surface area contributed by atoms with E-state index < -0.39 is 23.3 Å². The minimum atomic E-state index is -1.37. The molecule has 27 heavy (non-hydrogen) atoms. The van der Waals surface area contributed by atoms with Gasteiger partial charge in [0, 0.05) is 20.4 Å². The number of carbonyl (C=O) groups is 3. The predicted molar refractivity (Wildman–Crippen MR) is 92.1 cm³/mol. The van der Waals surface area contributed by atoms with Crippen molar-refractivity contribution in [3.05, 3.63) is 12.5 Å². The van der Waals surface area contributed by atoms with E-state index in [4.69, 9.17) is 19.9 Å². The number of nitrogen functional groups attached to an aromatic ring is 1. The molecule has 0 amide bonds. The molecule has 0 aliphatic rings. The highest BCUT2D eigenvalue weighted by atomic mass is 16.6. The van der Waals surface area contributed by atoms with E-state index in [0.29, 0.717) is 11.2 Å². The van der Waals surface area contributed by atoms with Crippen LogP contribution in [0.25, 0.3) is 11.2 Å². The lowest BCUT2D eigenvalue weighted by molar-refractivity contribution is -0.169. The zero-order valence-electron chi connectivity index (χ0n) is 15.3. The van der Waals surface area contributed by atoms with Gasteiger partial charge < -0.3 is 24.5 Å². The molecule has 0 saturated carbocycles. The number of hydrogen-bond donors (Lipinski definition) is 1. The van der Waals surface area contributed by atoms with Gasteiger partial charge in [-0.15, -0.1) is 0 Å². The molecule has 146 valence electrons. The molecule has 11 heteroatoms. The van der Waals surface area contributed by atoms with Crippen LogP contribution in [0.3, 0.4) is 0 Å². The van der Waals surface area contributed by atoms with Crippen LogP contribution in [0.5, 0.6) is 0 Å². The average molecular weight is 379 g/mol. The molecule has 0 fully saturated rings. The smallest absolute Gasteiger partial charge is 0.318 e. The minimum Gasteiger partial charge on any atom is -0.468 e. The Labute approximate surface area is 154 Å². The molecular weight excluding hydrogens is 358 g/mol. The Morgan fingerprint density at radius 2 is 1.78 bits per heavy atom. The number of hydrogen-bond acceptors (Lipinski definition) is 10. The lowest BCUT2D eigenvalue weighted by Gasteiger charge is -2.29. The standard InChI is InChI=1S/C16H21N5O6/c1-10(22)26-7-16(14(24)25-3,8-27-11(2)23)4-5-21-9-19-12-6-18-15(17)20-13(12)21/h6,9H,4-5,7-8H2,1-3H3,(H2,17,18,20). The fourth-order valence-electron chi connectivity index (χ4n) is 2.47. The largest absolute Gasteiger partial charge is 0.468 e. The van der Waals surface area contributed by atoms with Gasteiger partial charge in [-0.1, -0.05) is 0 Å². The highest BCUT2D eigenvalue weighted by Crippen LogP contribution is 2.27. The van der Waals surface area contributed by atoms with Crippen LogP contribution in [-0.4, -0.2) is 57.8 Å². The summed E-state index contributed by atoms with van der Waals surface area (Å²) in [6, 6.07) is 0. The molecule has 11 nitrogen and oxygen atoms in total. The number of fused-ring (bicyclic) bond motifs is 1. The number of esters is 3. The predicted octanol–water partition coefficient (Wildman–Crippen LogP) is 0.0842. The molecule has 2 aromatic rings. The molecule has 0 radical (unpaired) electrons. The first kappa shape index (κ1) is 20.1. The quantitative estimate of drug-likeness (QED) is 0.494. The Kier molecular flexibility index (Phi) is 6.27. The van der Waals surface area contributed by atoms with E-state index >= 15 is 0 Å². The van der Waals surface area contributed by atoms with E-state index in [9.17, 15) is 14.4 Å². The van der Waals surface area contributed by atoms with Crippen molar-refractivity contribution in [2.75, 3.05) is 26.1 Å². The first-order valence-corrected chi connectivity index (χ1v) is 8.06. The van der Waals surface area contributed by atoms with Gasteiger partial charge in [0.15, 0.2) is 5.65 Å². The summed E-state index contributed by atoms with van der Waals surface area (Å²) in [5, 5.41) is 0. The van der Waals surface area contributed by atoms with Crippen molar-refractivity contribution in [2.24, 2.45) is 5.41 Å². The van der Waals surface area contributed by atoms with Crippen LogP contribution in [0, 0.1) is 5.41 Å². The number of carbonyl (C=O) groups excluding carboxylic acids is 3. The Bertz CT molecular complexity index is 831. The number of anilines is 1. The molecule has 2 aromatic heterocycles. The van der Waals surface area contributed by atoms with Gasteiger partial charge in [0.2, 0.25) is 5.95 Å². The molecule has 0 aliphatic carbocycles. The summed E-state index contributed by atoms with van der Waals surface area (Å²) in [4.78, 5) is 47.1. The number of aromatic nitrogens is 4. The third-order valence-corrected chi connectivity index (χ3v) is 3.93. The first-order chi connectivity index (χ1) is 12.8. The summed E-state index contributed by atoms with van der Waals surface area (Å²) in [6.45, 7) is 2.09. The van der Waals surface area contributed by atoms with Crippen LogP contribution in [0.1, 0.15) is 20.3 Å². The molecule has 0 unspecified atom stereocenters. The lowest BCUT2D eigenvalue weighted by atomic mass is 9.86. The Morgan fingerprint density at radius 1 is 1.15 bits per heavy atom. The van der Waals surface area contributed by atoms with Crippen LogP contribution in [0.2, 0.25) is 0 Å². The fourth-order valence-corrected chi connectivity index (χ4v) is 2.47. The maximum atomic E-state index is 12.5. The van der Waals surface area contributed by atoms with Gasteiger partial charge in [-0.3, -0.25) is 14.4 Å². The van der Waals surface area contributed by atoms with E-state index in [1.165, 1.54) is 33.5 Å². The third-order valence-electron chi connectivity index (χ3n) is 3.93. The number of nitrogens with zero attached hydrogens (tertiary/aromatic N) is 4. The topological polar surface area (TPSA) is 149 Å². The molecule has 0 spiro atoms. The van der Waals surface area contributed by atoms with Crippen molar-refractivity contribution in [3.8, 4) is 0 Å². The summed E-state index contributed by atoms with van der Waals surface area (Å²) < 4.78 is 16.6. The van der Waals surface area contributed by atoms with Gasteiger partial charge in [-0.25, -0.2) is 9.97 Å². The molecule has 0 bridgehead atoms. The maximum absolute atomic E-state index is 12.5. The van der Waals surface area contributed by atoms with Gasteiger partial charge in [0.05, 0.1) is 19.6 Å². The van der Waals surface area contributed by atoms with E-state index in [1.807, 2.05) is 0 Å². The van der Waals surface area contributed by atoms with Crippen molar-refractivity contribution in [2.45, 2.75) is 26.8 Å². The van der Waals surface area contributed by atoms with Gasteiger partial charge in [0.25, 0.3) is 0 Å². The monoisotopic (exact) mass is 379 g/mol. The number of methoxy groups -OCH3 is 1. The van der Waals surface area contributed by atoms with Crippen molar-refractivity contribution in [3.63, 3.8) is 0 Å². The van der Waals surface area contributed by atoms with Crippen LogP contribution in [0.4, 0.5) is 5.95 Å². The second-order valence-corrected chi connectivity index (χ2v) is 5.96. The van der Waals surface area contributed by atoms with Crippen LogP contribution in [0.15, 0.2) is 12.5 Å². The summed E-state index contributed by atoms with van der Waals surface area (Å²) in [7, 11) is 1.21. The van der Waals surface area contributed by atoms with E-state index in [2.05, 4.69) is 15.0 Å². The third kappa shape index (κ3) is 4.90. The van der Waals surface area contributed by atoms with Gasteiger partial charge in [-0.2, -0.15) is 4.98 Å². The molecule has 2 heterocycles. The SMILES string of the molecule is COC(=O)C(CCn1cnc2cnc(N)nc21)(COC(C)=O)COC(C)=O. The molecule has 2 rings (SSSR count). The van der Waals surface area contributed by atoms with Crippen LogP contribution in [-0.2, 0) is 35.1 Å². The normalized spacial score (nSPS) is 11.2. The van der Waals surface area contributed by atoms with Crippen molar-refractivity contribution >= 4 is 35.0 Å². The fraction of sp³-hybridized carbons (Fsp3) is 0.500. The molecule has 0 atom stereocenters. The first-order valence-electron chi connectivity index (χ1n) is 8.06. The average Bonchev–Trinajstić information content (AvgIpc) is 3.02. The van der Waals surface area contributed by atoms with E-state index in [0.717, 1.165) is 0 Å². The molecular formula is C16H21N5O6. The summed E-state index contributed by atoms with van der Waals surface area (Å²) in [5.41, 5.74) is 5.26. The Hall–Kier alpha value is -3.24. The van der Waals surface area contributed by atoms with Crippen molar-refractivity contribution < 1.29 is 28.6 Å². The Balaban J connectivity index is 2.29. The zero-order valence-corrected chi connectivity index (χ0v) is 15.3. The molecule has 0 aromatic carbocycles. The van der Waals surface area contributed by atoms with Crippen LogP contribution >= 0.6 is 0 Å². The van der Waals surface area contributed by atoms with Crippen molar-refractivity contribution in [1.82, 2.24) is 19.5 Å². The minimum absolute atomic E-state index is 0.0864. The zero-order chi connectivity index (χ0) is 20.0. The number of nitrogens with two attached hydrogens (primary N) is 1. The highest BCUT2D eigenvalue weighted by molar-refractivity contribution is 5.78. The lowest BCUT2D eigenvalue weighted by Crippen LogP contribution is -2.43. The number of aryl methyl sites for hydroxylation is 1. The summed E-state index contributed by atoms with van der Waals surface area (Å²) in [6.07, 6.45) is 3.15. The van der Waals surface area contributed by atoms with Crippen molar-refractivity contribution in [1.29, 1.82) is 0 Å². The molecule has 0 saturated heterocycles. The Morgan fingerprint density at radius 3 is 2.33 bits per heavy atom. The number of rotatable bonds is 8. The van der Waals surface area contributed by atoms with Gasteiger partial charge in [0.1, 0.15) is 24.1 Å². The second kappa shape index (κ2) is 8.43. The second-order valence-electron chi connectivity index (χ2n) is 5.96. The molecule has 2 N–H and O–H groups in total. The highest BCUT2D eigenvalue weighted by Gasteiger charge is 2.42. The van der Waals surface area contributed by atoms with Gasteiger partial charge in [-0.05, 0) is 6.42 Å². The molecule has 0 aliphatic heterocycles. The van der Waals surface area contributed by atoms with E-state index in [-0.39, 0.29) is 32.1 Å². The maximum Gasteiger partial charge on any atom is 0.318 e. The number of imidazole rings is 1. The van der Waals surface area contributed by atoms with Crippen LogP contribution < -0.4 is 5.73 Å².